The molecule has 2 aromatic heterocycles. The SMILES string of the molecule is Fc1ccc2c(C3CCN(CCOC(=S)Nc4ccc5scnc5c4)CC3)noc2c1. The molecular weight excluding hydrogens is 435 g/mol. The summed E-state index contributed by atoms with van der Waals surface area (Å²) in [6.45, 7) is 3.24. The standard InChI is InChI=1S/C22H21FN4O2S2/c23-15-1-3-17-19(11-15)29-26-21(17)14-5-7-27(8-6-14)9-10-28-22(30)25-16-2-4-20-18(12-16)24-13-31-20/h1-4,11-14H,5-10H2,(H,25,30). The van der Waals surface area contributed by atoms with E-state index in [-0.39, 0.29) is 5.82 Å². The molecule has 0 bridgehead atoms. The van der Waals surface area contributed by atoms with Crippen LogP contribution in [0.5, 0.6) is 0 Å². The molecule has 1 aliphatic rings. The Hall–Kier alpha value is -2.62. The Bertz CT molecular complexity index is 1220. The van der Waals surface area contributed by atoms with E-state index in [1.807, 2.05) is 23.7 Å². The van der Waals surface area contributed by atoms with Crippen LogP contribution in [0, 0.1) is 5.82 Å². The monoisotopic (exact) mass is 456 g/mol. The summed E-state index contributed by atoms with van der Waals surface area (Å²) >= 11 is 6.93. The van der Waals surface area contributed by atoms with Crippen molar-refractivity contribution in [1.82, 2.24) is 15.0 Å². The van der Waals surface area contributed by atoms with Crippen molar-refractivity contribution < 1.29 is 13.7 Å². The molecule has 0 atom stereocenters. The number of ether oxygens (including phenoxy) is 1. The number of thiazole rings is 1. The van der Waals surface area contributed by atoms with Crippen LogP contribution >= 0.6 is 23.6 Å². The minimum atomic E-state index is -0.305. The van der Waals surface area contributed by atoms with Crippen LogP contribution in [0.4, 0.5) is 10.1 Å². The van der Waals surface area contributed by atoms with Gasteiger partial charge in [-0.25, -0.2) is 9.37 Å². The second-order valence-corrected chi connectivity index (χ2v) is 8.88. The van der Waals surface area contributed by atoms with Crippen molar-refractivity contribution in [2.24, 2.45) is 0 Å². The number of piperidine rings is 1. The molecule has 3 heterocycles. The second-order valence-electron chi connectivity index (χ2n) is 7.62. The van der Waals surface area contributed by atoms with E-state index in [0.717, 1.165) is 59.5 Å². The van der Waals surface area contributed by atoms with Crippen molar-refractivity contribution in [3.63, 3.8) is 0 Å². The normalized spacial score (nSPS) is 15.5. The molecular formula is C22H21FN4O2S2. The fourth-order valence-electron chi connectivity index (χ4n) is 4.01. The molecule has 0 amide bonds. The number of hydrogen-bond acceptors (Lipinski definition) is 7. The van der Waals surface area contributed by atoms with E-state index in [2.05, 4.69) is 20.4 Å². The first kappa shape index (κ1) is 20.3. The molecule has 31 heavy (non-hydrogen) atoms. The van der Waals surface area contributed by atoms with Gasteiger partial charge in [0.1, 0.15) is 12.4 Å². The molecule has 0 radical (unpaired) electrons. The van der Waals surface area contributed by atoms with Gasteiger partial charge < -0.3 is 14.6 Å². The van der Waals surface area contributed by atoms with Gasteiger partial charge in [-0.15, -0.1) is 11.3 Å². The first-order chi connectivity index (χ1) is 15.2. The summed E-state index contributed by atoms with van der Waals surface area (Å²) in [4.78, 5) is 6.68. The molecule has 2 aromatic carbocycles. The van der Waals surface area contributed by atoms with Gasteiger partial charge in [0.2, 0.25) is 0 Å². The number of nitrogens with zero attached hydrogens (tertiary/aromatic N) is 3. The highest BCUT2D eigenvalue weighted by Crippen LogP contribution is 2.32. The summed E-state index contributed by atoms with van der Waals surface area (Å²) < 4.78 is 25.5. The highest BCUT2D eigenvalue weighted by atomic mass is 32.1. The molecule has 6 nitrogen and oxygen atoms in total. The van der Waals surface area contributed by atoms with Crippen molar-refractivity contribution in [2.45, 2.75) is 18.8 Å². The maximum absolute atomic E-state index is 13.4. The van der Waals surface area contributed by atoms with Gasteiger partial charge in [0, 0.05) is 29.6 Å². The minimum absolute atomic E-state index is 0.305. The van der Waals surface area contributed by atoms with E-state index in [9.17, 15) is 4.39 Å². The van der Waals surface area contributed by atoms with E-state index < -0.39 is 0 Å². The number of anilines is 1. The molecule has 4 aromatic rings. The predicted molar refractivity (Wildman–Crippen MR) is 124 cm³/mol. The number of benzene rings is 2. The summed E-state index contributed by atoms with van der Waals surface area (Å²) in [5.74, 6) is 0.0216. The fourth-order valence-corrected chi connectivity index (χ4v) is 4.87. The minimum Gasteiger partial charge on any atom is -0.469 e. The Morgan fingerprint density at radius 3 is 3.00 bits per heavy atom. The van der Waals surface area contributed by atoms with Crippen LogP contribution in [0.25, 0.3) is 21.2 Å². The predicted octanol–water partition coefficient (Wildman–Crippen LogP) is 5.17. The van der Waals surface area contributed by atoms with Crippen molar-refractivity contribution >= 4 is 55.6 Å². The molecule has 9 heteroatoms. The topological polar surface area (TPSA) is 63.4 Å². The number of fused-ring (bicyclic) bond motifs is 2. The molecule has 0 saturated carbocycles. The lowest BCUT2D eigenvalue weighted by Gasteiger charge is -2.31. The smallest absolute Gasteiger partial charge is 0.261 e. The Morgan fingerprint density at radius 1 is 1.26 bits per heavy atom. The number of rotatable bonds is 5. The average molecular weight is 457 g/mol. The molecule has 0 aliphatic carbocycles. The summed E-state index contributed by atoms with van der Waals surface area (Å²) in [6.07, 6.45) is 1.96. The highest BCUT2D eigenvalue weighted by molar-refractivity contribution is 7.80. The number of halogens is 1. The van der Waals surface area contributed by atoms with Crippen molar-refractivity contribution in [3.05, 3.63) is 53.4 Å². The van der Waals surface area contributed by atoms with Gasteiger partial charge in [0.25, 0.3) is 5.17 Å². The van der Waals surface area contributed by atoms with Gasteiger partial charge in [-0.3, -0.25) is 4.90 Å². The van der Waals surface area contributed by atoms with E-state index >= 15 is 0 Å². The van der Waals surface area contributed by atoms with Gasteiger partial charge >= 0.3 is 0 Å². The van der Waals surface area contributed by atoms with Crippen LogP contribution < -0.4 is 5.32 Å². The van der Waals surface area contributed by atoms with Crippen molar-refractivity contribution in [3.8, 4) is 0 Å². The maximum atomic E-state index is 13.4. The Labute approximate surface area is 188 Å². The molecule has 160 valence electrons. The third-order valence-corrected chi connectivity index (χ3v) is 6.68. The number of likely N-dealkylation sites (tertiary alicyclic amines) is 1. The van der Waals surface area contributed by atoms with Crippen LogP contribution in [0.1, 0.15) is 24.5 Å². The summed E-state index contributed by atoms with van der Waals surface area (Å²) in [5, 5.41) is 8.61. The van der Waals surface area contributed by atoms with Crippen LogP contribution in [-0.2, 0) is 4.74 Å². The van der Waals surface area contributed by atoms with Gasteiger partial charge in [-0.1, -0.05) is 5.16 Å². The van der Waals surface area contributed by atoms with Crippen LogP contribution in [-0.4, -0.2) is 46.5 Å². The largest absolute Gasteiger partial charge is 0.469 e. The lowest BCUT2D eigenvalue weighted by Crippen LogP contribution is -2.36. The average Bonchev–Trinajstić information content (AvgIpc) is 3.40. The number of nitrogens with one attached hydrogen (secondary N) is 1. The summed E-state index contributed by atoms with van der Waals surface area (Å²) in [7, 11) is 0. The lowest BCUT2D eigenvalue weighted by atomic mass is 9.91. The molecule has 0 unspecified atom stereocenters. The van der Waals surface area contributed by atoms with Gasteiger partial charge in [-0.2, -0.15) is 0 Å². The number of hydrogen-bond donors (Lipinski definition) is 1. The van der Waals surface area contributed by atoms with E-state index in [1.165, 1.54) is 12.1 Å². The fraction of sp³-hybridized carbons (Fsp3) is 0.318. The Morgan fingerprint density at radius 2 is 2.13 bits per heavy atom. The van der Waals surface area contributed by atoms with E-state index in [1.54, 1.807) is 17.4 Å². The van der Waals surface area contributed by atoms with Gasteiger partial charge in [-0.05, 0) is 68.5 Å². The second kappa shape index (κ2) is 8.86. The summed E-state index contributed by atoms with van der Waals surface area (Å²) in [5.41, 5.74) is 5.11. The first-order valence-electron chi connectivity index (χ1n) is 10.2. The maximum Gasteiger partial charge on any atom is 0.261 e. The third kappa shape index (κ3) is 4.53. The zero-order valence-corrected chi connectivity index (χ0v) is 18.3. The molecule has 0 spiro atoms. The Kier molecular flexibility index (Phi) is 5.80. The molecule has 1 aliphatic heterocycles. The third-order valence-electron chi connectivity index (χ3n) is 5.65. The van der Waals surface area contributed by atoms with E-state index in [4.69, 9.17) is 21.5 Å². The van der Waals surface area contributed by atoms with Crippen molar-refractivity contribution in [2.75, 3.05) is 31.6 Å². The van der Waals surface area contributed by atoms with Crippen molar-refractivity contribution in [1.29, 1.82) is 0 Å². The molecule has 1 fully saturated rings. The lowest BCUT2D eigenvalue weighted by molar-refractivity contribution is 0.169. The van der Waals surface area contributed by atoms with E-state index in [0.29, 0.717) is 23.3 Å². The molecule has 1 N–H and O–H groups in total. The van der Waals surface area contributed by atoms with Crippen LogP contribution in [0.15, 0.2) is 46.4 Å². The van der Waals surface area contributed by atoms with Crippen LogP contribution in [0.3, 0.4) is 0 Å². The highest BCUT2D eigenvalue weighted by Gasteiger charge is 2.25. The quantitative estimate of drug-likeness (QED) is 0.416. The number of aromatic nitrogens is 2. The molecule has 1 saturated heterocycles. The van der Waals surface area contributed by atoms with Gasteiger partial charge in [0.05, 0.1) is 21.4 Å². The molecule has 5 rings (SSSR count). The Balaban J connectivity index is 1.08. The van der Waals surface area contributed by atoms with Crippen LogP contribution in [0.2, 0.25) is 0 Å². The zero-order chi connectivity index (χ0) is 21.2. The first-order valence-corrected chi connectivity index (χ1v) is 11.5. The zero-order valence-electron chi connectivity index (χ0n) is 16.7. The summed E-state index contributed by atoms with van der Waals surface area (Å²) in [6, 6.07) is 10.6. The van der Waals surface area contributed by atoms with Gasteiger partial charge in [0.15, 0.2) is 5.58 Å². The number of thiocarbonyl (C=S) groups is 1.